The fourth-order valence-electron chi connectivity index (χ4n) is 3.12. The Balaban J connectivity index is 0.00000261. The molecule has 1 aliphatic rings. The van der Waals surface area contributed by atoms with Crippen LogP contribution in [0.5, 0.6) is 0 Å². The summed E-state index contributed by atoms with van der Waals surface area (Å²) in [5.74, 6) is 0.938. The summed E-state index contributed by atoms with van der Waals surface area (Å²) in [5, 5.41) is 13.9. The van der Waals surface area contributed by atoms with Gasteiger partial charge in [0.1, 0.15) is 0 Å². The van der Waals surface area contributed by atoms with Gasteiger partial charge in [0.25, 0.3) is 0 Å². The van der Waals surface area contributed by atoms with E-state index in [1.807, 2.05) is 11.3 Å². The Morgan fingerprint density at radius 3 is 2.74 bits per heavy atom. The van der Waals surface area contributed by atoms with Crippen LogP contribution in [-0.2, 0) is 12.8 Å². The van der Waals surface area contributed by atoms with Crippen LogP contribution >= 0.6 is 46.7 Å². The van der Waals surface area contributed by atoms with Crippen LogP contribution < -0.4 is 15.5 Å². The lowest BCUT2D eigenvalue weighted by atomic mass is 10.1. The summed E-state index contributed by atoms with van der Waals surface area (Å²) in [7, 11) is 0. The molecule has 2 aromatic rings. The molecule has 2 aromatic heterocycles. The molecule has 150 valence electrons. The maximum absolute atomic E-state index is 4.75. The number of thiazole rings is 1. The van der Waals surface area contributed by atoms with Crippen LogP contribution in [0.1, 0.15) is 37.4 Å². The molecule has 27 heavy (non-hydrogen) atoms. The average molecular weight is 520 g/mol. The number of aliphatic imine (C=N–C) groups is 1. The van der Waals surface area contributed by atoms with Crippen molar-refractivity contribution in [3.8, 4) is 0 Å². The molecule has 1 saturated heterocycles. The van der Waals surface area contributed by atoms with E-state index in [1.165, 1.54) is 10.0 Å². The van der Waals surface area contributed by atoms with Crippen molar-refractivity contribution in [1.29, 1.82) is 0 Å². The van der Waals surface area contributed by atoms with Crippen molar-refractivity contribution in [3.63, 3.8) is 0 Å². The SMILES string of the molecule is CCNC(=NCCc1csc(CC)n1)NC1CCN(c2cccs2)CC1.I. The van der Waals surface area contributed by atoms with Crippen LogP contribution in [0.2, 0.25) is 0 Å². The van der Waals surface area contributed by atoms with E-state index in [4.69, 9.17) is 4.99 Å². The highest BCUT2D eigenvalue weighted by molar-refractivity contribution is 14.0. The number of aromatic nitrogens is 1. The standard InChI is InChI=1S/C19H29N5S2.HI/c1-3-17-22-16(14-26-17)7-10-21-19(20-4-2)23-15-8-11-24(12-9-15)18-6-5-13-25-18;/h5-6,13-15H,3-4,7-12H2,1-2H3,(H2,20,21,23);1H. The van der Waals surface area contributed by atoms with Crippen molar-refractivity contribution in [2.75, 3.05) is 31.1 Å². The van der Waals surface area contributed by atoms with Crippen molar-refractivity contribution < 1.29 is 0 Å². The van der Waals surface area contributed by atoms with E-state index in [9.17, 15) is 0 Å². The topological polar surface area (TPSA) is 52.6 Å². The first-order valence-electron chi connectivity index (χ1n) is 9.55. The summed E-state index contributed by atoms with van der Waals surface area (Å²) in [5.41, 5.74) is 1.16. The van der Waals surface area contributed by atoms with E-state index in [2.05, 4.69) is 57.3 Å². The van der Waals surface area contributed by atoms with Crippen molar-refractivity contribution >= 4 is 57.6 Å². The van der Waals surface area contributed by atoms with Crippen LogP contribution in [-0.4, -0.2) is 43.2 Å². The lowest BCUT2D eigenvalue weighted by Gasteiger charge is -2.33. The number of anilines is 1. The average Bonchev–Trinajstić information content (AvgIpc) is 3.34. The molecule has 1 aliphatic heterocycles. The zero-order valence-electron chi connectivity index (χ0n) is 16.1. The highest BCUT2D eigenvalue weighted by Gasteiger charge is 2.20. The van der Waals surface area contributed by atoms with E-state index in [1.54, 1.807) is 11.3 Å². The molecule has 0 saturated carbocycles. The van der Waals surface area contributed by atoms with Crippen LogP contribution in [0, 0.1) is 0 Å². The highest BCUT2D eigenvalue weighted by atomic mass is 127. The molecule has 0 aliphatic carbocycles. The normalized spacial score (nSPS) is 15.5. The molecule has 3 rings (SSSR count). The number of hydrogen-bond donors (Lipinski definition) is 2. The van der Waals surface area contributed by atoms with E-state index in [0.29, 0.717) is 6.04 Å². The highest BCUT2D eigenvalue weighted by Crippen LogP contribution is 2.24. The zero-order valence-corrected chi connectivity index (χ0v) is 20.1. The molecular formula is C19H30IN5S2. The van der Waals surface area contributed by atoms with Gasteiger partial charge in [0.2, 0.25) is 0 Å². The van der Waals surface area contributed by atoms with Gasteiger partial charge in [-0.15, -0.1) is 46.7 Å². The molecule has 0 aromatic carbocycles. The van der Waals surface area contributed by atoms with Gasteiger partial charge in [0, 0.05) is 44.0 Å². The quantitative estimate of drug-likeness (QED) is 0.328. The molecule has 0 unspecified atom stereocenters. The number of nitrogens with one attached hydrogen (secondary N) is 2. The van der Waals surface area contributed by atoms with Gasteiger partial charge in [-0.05, 0) is 43.7 Å². The molecule has 8 heteroatoms. The van der Waals surface area contributed by atoms with Crippen molar-refractivity contribution in [2.24, 2.45) is 4.99 Å². The minimum Gasteiger partial charge on any atom is -0.363 e. The first-order valence-corrected chi connectivity index (χ1v) is 11.3. The Kier molecular flexibility index (Phi) is 9.84. The molecular weight excluding hydrogens is 489 g/mol. The van der Waals surface area contributed by atoms with Gasteiger partial charge in [-0.25, -0.2) is 4.98 Å². The predicted molar refractivity (Wildman–Crippen MR) is 129 cm³/mol. The van der Waals surface area contributed by atoms with Gasteiger partial charge in [0.05, 0.1) is 15.7 Å². The van der Waals surface area contributed by atoms with E-state index < -0.39 is 0 Å². The molecule has 0 bridgehead atoms. The monoisotopic (exact) mass is 519 g/mol. The lowest BCUT2D eigenvalue weighted by Crippen LogP contribution is -2.48. The van der Waals surface area contributed by atoms with Crippen LogP contribution in [0.3, 0.4) is 0 Å². The fraction of sp³-hybridized carbons (Fsp3) is 0.579. The van der Waals surface area contributed by atoms with Gasteiger partial charge in [-0.1, -0.05) is 6.92 Å². The number of hydrogen-bond acceptors (Lipinski definition) is 5. The zero-order chi connectivity index (χ0) is 18.2. The first kappa shape index (κ1) is 22.4. The smallest absolute Gasteiger partial charge is 0.191 e. The minimum atomic E-state index is 0. The number of thiophene rings is 1. The summed E-state index contributed by atoms with van der Waals surface area (Å²) >= 11 is 3.58. The molecule has 0 radical (unpaired) electrons. The minimum absolute atomic E-state index is 0. The Labute approximate surface area is 187 Å². The van der Waals surface area contributed by atoms with Gasteiger partial charge in [0.15, 0.2) is 5.96 Å². The van der Waals surface area contributed by atoms with E-state index in [0.717, 1.165) is 63.5 Å². The van der Waals surface area contributed by atoms with Gasteiger partial charge < -0.3 is 15.5 Å². The maximum atomic E-state index is 4.75. The van der Waals surface area contributed by atoms with Crippen molar-refractivity contribution in [2.45, 2.75) is 45.6 Å². The first-order chi connectivity index (χ1) is 12.8. The Hall–Kier alpha value is -0.870. The molecule has 3 heterocycles. The number of aryl methyl sites for hydroxylation is 1. The predicted octanol–water partition coefficient (Wildman–Crippen LogP) is 4.15. The number of halogens is 1. The van der Waals surface area contributed by atoms with Gasteiger partial charge in [-0.2, -0.15) is 0 Å². The second-order valence-electron chi connectivity index (χ2n) is 6.45. The lowest BCUT2D eigenvalue weighted by molar-refractivity contribution is 0.463. The second-order valence-corrected chi connectivity index (χ2v) is 8.32. The Bertz CT molecular complexity index is 678. The molecule has 0 atom stereocenters. The van der Waals surface area contributed by atoms with Crippen LogP contribution in [0.15, 0.2) is 27.9 Å². The summed E-state index contributed by atoms with van der Waals surface area (Å²) < 4.78 is 0. The maximum Gasteiger partial charge on any atom is 0.191 e. The molecule has 2 N–H and O–H groups in total. The molecule has 0 amide bonds. The van der Waals surface area contributed by atoms with Crippen LogP contribution in [0.25, 0.3) is 0 Å². The Morgan fingerprint density at radius 1 is 1.30 bits per heavy atom. The third-order valence-corrected chi connectivity index (χ3v) is 6.51. The third kappa shape index (κ3) is 6.90. The van der Waals surface area contributed by atoms with E-state index in [-0.39, 0.29) is 24.0 Å². The van der Waals surface area contributed by atoms with E-state index >= 15 is 0 Å². The number of rotatable bonds is 7. The summed E-state index contributed by atoms with van der Waals surface area (Å²) in [6.45, 7) is 8.14. The second kappa shape index (κ2) is 11.9. The molecule has 5 nitrogen and oxygen atoms in total. The summed E-state index contributed by atoms with van der Waals surface area (Å²) in [6.07, 6.45) is 4.22. The van der Waals surface area contributed by atoms with Crippen molar-refractivity contribution in [1.82, 2.24) is 15.6 Å². The largest absolute Gasteiger partial charge is 0.363 e. The van der Waals surface area contributed by atoms with Gasteiger partial charge >= 0.3 is 0 Å². The molecule has 1 fully saturated rings. The summed E-state index contributed by atoms with van der Waals surface area (Å²) in [6, 6.07) is 4.84. The number of nitrogens with zero attached hydrogens (tertiary/aromatic N) is 3. The fourth-order valence-corrected chi connectivity index (χ4v) is 4.68. The summed E-state index contributed by atoms with van der Waals surface area (Å²) in [4.78, 5) is 11.9. The third-order valence-electron chi connectivity index (χ3n) is 4.54. The molecule has 0 spiro atoms. The van der Waals surface area contributed by atoms with Crippen LogP contribution in [0.4, 0.5) is 5.00 Å². The van der Waals surface area contributed by atoms with Crippen molar-refractivity contribution in [3.05, 3.63) is 33.6 Å². The van der Waals surface area contributed by atoms with Gasteiger partial charge in [-0.3, -0.25) is 4.99 Å². The number of piperidine rings is 1. The Morgan fingerprint density at radius 2 is 2.11 bits per heavy atom. The number of guanidine groups is 1.